The molecule has 1 N–H and O–H groups in total. The molecule has 106 valence electrons. The lowest BCUT2D eigenvalue weighted by atomic mass is 10.0. The van der Waals surface area contributed by atoms with Crippen LogP contribution in [-0.2, 0) is 6.42 Å². The first-order chi connectivity index (χ1) is 9.74. The number of fused-ring (bicyclic) bond motifs is 1. The molecule has 0 saturated heterocycles. The summed E-state index contributed by atoms with van der Waals surface area (Å²) in [6.45, 7) is 2.14. The van der Waals surface area contributed by atoms with Crippen molar-refractivity contribution in [1.29, 1.82) is 0 Å². The lowest BCUT2D eigenvalue weighted by molar-refractivity contribution is 0.404. The first kappa shape index (κ1) is 13.7. The number of hydrogen-bond acceptors (Lipinski definition) is 3. The molecule has 0 spiro atoms. The summed E-state index contributed by atoms with van der Waals surface area (Å²) in [6.07, 6.45) is 3.58. The number of furan rings is 1. The Hall–Kier alpha value is -1.26. The number of nitrogens with one attached hydrogen (secondary N) is 1. The summed E-state index contributed by atoms with van der Waals surface area (Å²) in [6, 6.07) is 9.79. The van der Waals surface area contributed by atoms with Crippen LogP contribution in [0.25, 0.3) is 0 Å². The molecule has 0 aliphatic carbocycles. The third kappa shape index (κ3) is 2.91. The molecule has 3 rings (SSSR count). The zero-order chi connectivity index (χ0) is 13.9. The van der Waals surface area contributed by atoms with Gasteiger partial charge >= 0.3 is 0 Å². The van der Waals surface area contributed by atoms with Crippen molar-refractivity contribution in [3.05, 3.63) is 53.7 Å². The van der Waals surface area contributed by atoms with Gasteiger partial charge in [0.15, 0.2) is 0 Å². The first-order valence-corrected chi connectivity index (χ1v) is 7.92. The van der Waals surface area contributed by atoms with E-state index in [9.17, 15) is 4.39 Å². The second-order valence-corrected chi connectivity index (χ2v) is 6.30. The van der Waals surface area contributed by atoms with E-state index in [-0.39, 0.29) is 11.9 Å². The van der Waals surface area contributed by atoms with Crippen LogP contribution in [0.4, 0.5) is 4.39 Å². The van der Waals surface area contributed by atoms with E-state index in [1.54, 1.807) is 30.2 Å². The molecular weight excluding hydrogens is 273 g/mol. The maximum absolute atomic E-state index is 13.8. The van der Waals surface area contributed by atoms with Crippen LogP contribution >= 0.6 is 11.8 Å². The molecule has 1 aromatic heterocycles. The predicted octanol–water partition coefficient (Wildman–Crippen LogP) is 4.18. The molecule has 2 nitrogen and oxygen atoms in total. The molecule has 1 aliphatic heterocycles. The molecule has 2 aromatic rings. The van der Waals surface area contributed by atoms with Crippen molar-refractivity contribution in [3.63, 3.8) is 0 Å². The Morgan fingerprint density at radius 3 is 3.10 bits per heavy atom. The van der Waals surface area contributed by atoms with Crippen molar-refractivity contribution in [3.8, 4) is 0 Å². The zero-order valence-corrected chi connectivity index (χ0v) is 12.3. The van der Waals surface area contributed by atoms with Crippen LogP contribution in [0.1, 0.15) is 30.7 Å². The molecule has 20 heavy (non-hydrogen) atoms. The monoisotopic (exact) mass is 291 g/mol. The van der Waals surface area contributed by atoms with Crippen LogP contribution in [0, 0.1) is 5.82 Å². The van der Waals surface area contributed by atoms with E-state index in [4.69, 9.17) is 4.42 Å². The highest BCUT2D eigenvalue weighted by atomic mass is 32.2. The van der Waals surface area contributed by atoms with E-state index < -0.39 is 0 Å². The minimum absolute atomic E-state index is 0.0994. The second kappa shape index (κ2) is 6.02. The minimum Gasteiger partial charge on any atom is -0.469 e. The minimum atomic E-state index is -0.0994. The van der Waals surface area contributed by atoms with Crippen molar-refractivity contribution in [1.82, 2.24) is 5.32 Å². The average Bonchev–Trinajstić information content (AvgIpc) is 2.93. The topological polar surface area (TPSA) is 25.2 Å². The molecule has 0 amide bonds. The van der Waals surface area contributed by atoms with Crippen molar-refractivity contribution in [2.45, 2.75) is 36.7 Å². The first-order valence-electron chi connectivity index (χ1n) is 6.93. The van der Waals surface area contributed by atoms with Crippen LogP contribution in [0.5, 0.6) is 0 Å². The summed E-state index contributed by atoms with van der Waals surface area (Å²) in [5.74, 6) is 1.84. The third-order valence-corrected chi connectivity index (χ3v) is 4.76. The van der Waals surface area contributed by atoms with E-state index in [0.717, 1.165) is 34.8 Å². The van der Waals surface area contributed by atoms with E-state index >= 15 is 0 Å². The molecule has 2 atom stereocenters. The summed E-state index contributed by atoms with van der Waals surface area (Å²) in [4.78, 5) is 0.807. The summed E-state index contributed by atoms with van der Waals surface area (Å²) >= 11 is 1.62. The lowest BCUT2D eigenvalue weighted by Crippen LogP contribution is -2.34. The normalized spacial score (nSPS) is 19.6. The summed E-state index contributed by atoms with van der Waals surface area (Å²) in [7, 11) is 0. The van der Waals surface area contributed by atoms with Crippen molar-refractivity contribution >= 4 is 11.8 Å². The highest BCUT2D eigenvalue weighted by Crippen LogP contribution is 2.37. The van der Waals surface area contributed by atoms with Gasteiger partial charge in [-0.05, 0) is 42.9 Å². The fraction of sp³-hybridized carbons (Fsp3) is 0.375. The van der Waals surface area contributed by atoms with Crippen LogP contribution < -0.4 is 5.32 Å². The van der Waals surface area contributed by atoms with Gasteiger partial charge in [-0.25, -0.2) is 4.39 Å². The number of hydrogen-bond donors (Lipinski definition) is 1. The van der Waals surface area contributed by atoms with Gasteiger partial charge in [0, 0.05) is 23.4 Å². The van der Waals surface area contributed by atoms with Crippen LogP contribution in [0.2, 0.25) is 0 Å². The Balaban J connectivity index is 1.71. The molecule has 0 saturated carbocycles. The Bertz CT molecular complexity index is 570. The quantitative estimate of drug-likeness (QED) is 0.915. The molecular formula is C16H18FNOS. The van der Waals surface area contributed by atoms with Crippen molar-refractivity contribution < 1.29 is 8.81 Å². The smallest absolute Gasteiger partial charge is 0.137 e. The van der Waals surface area contributed by atoms with Gasteiger partial charge in [-0.1, -0.05) is 12.1 Å². The molecule has 2 heterocycles. The van der Waals surface area contributed by atoms with Crippen LogP contribution in [0.15, 0.2) is 45.9 Å². The Labute approximate surface area is 122 Å². The van der Waals surface area contributed by atoms with E-state index in [0.29, 0.717) is 6.04 Å². The Morgan fingerprint density at radius 1 is 1.40 bits per heavy atom. The van der Waals surface area contributed by atoms with Gasteiger partial charge < -0.3 is 9.73 Å². The number of rotatable bonds is 4. The molecule has 1 aliphatic rings. The van der Waals surface area contributed by atoms with Gasteiger partial charge in [-0.15, -0.1) is 11.8 Å². The fourth-order valence-corrected chi connectivity index (χ4v) is 3.83. The van der Waals surface area contributed by atoms with Crippen LogP contribution in [0.3, 0.4) is 0 Å². The Morgan fingerprint density at radius 2 is 2.30 bits per heavy atom. The SMILES string of the molecule is CC(Cc1ccco1)NC1CCSc2c(F)cccc21. The highest BCUT2D eigenvalue weighted by molar-refractivity contribution is 7.99. The van der Waals surface area contributed by atoms with Gasteiger partial charge in [0.1, 0.15) is 11.6 Å². The number of halogens is 1. The fourth-order valence-electron chi connectivity index (χ4n) is 2.69. The number of benzene rings is 1. The number of thioether (sulfide) groups is 1. The van der Waals surface area contributed by atoms with E-state index in [1.807, 2.05) is 18.2 Å². The largest absolute Gasteiger partial charge is 0.469 e. The molecule has 0 bridgehead atoms. The Kier molecular flexibility index (Phi) is 4.13. The molecule has 0 radical (unpaired) electrons. The summed E-state index contributed by atoms with van der Waals surface area (Å²) in [5.41, 5.74) is 1.09. The van der Waals surface area contributed by atoms with Crippen LogP contribution in [-0.4, -0.2) is 11.8 Å². The van der Waals surface area contributed by atoms with Gasteiger partial charge in [-0.3, -0.25) is 0 Å². The van der Waals surface area contributed by atoms with Crippen molar-refractivity contribution in [2.24, 2.45) is 0 Å². The van der Waals surface area contributed by atoms with E-state index in [1.165, 1.54) is 0 Å². The average molecular weight is 291 g/mol. The van der Waals surface area contributed by atoms with Gasteiger partial charge in [0.2, 0.25) is 0 Å². The van der Waals surface area contributed by atoms with Gasteiger partial charge in [-0.2, -0.15) is 0 Å². The standard InChI is InChI=1S/C16H18FNOS/c1-11(10-12-4-3-8-19-12)18-15-7-9-20-16-13(15)5-2-6-14(16)17/h2-6,8,11,15,18H,7,9-10H2,1H3. The molecule has 0 fully saturated rings. The lowest BCUT2D eigenvalue weighted by Gasteiger charge is -2.28. The van der Waals surface area contributed by atoms with E-state index in [2.05, 4.69) is 12.2 Å². The summed E-state index contributed by atoms with van der Waals surface area (Å²) < 4.78 is 19.2. The third-order valence-electron chi connectivity index (χ3n) is 3.60. The maximum atomic E-state index is 13.8. The predicted molar refractivity (Wildman–Crippen MR) is 79.5 cm³/mol. The zero-order valence-electron chi connectivity index (χ0n) is 11.4. The summed E-state index contributed by atoms with van der Waals surface area (Å²) in [5, 5.41) is 3.60. The maximum Gasteiger partial charge on any atom is 0.137 e. The molecule has 4 heteroatoms. The van der Waals surface area contributed by atoms with Crippen molar-refractivity contribution in [2.75, 3.05) is 5.75 Å². The van der Waals surface area contributed by atoms with Gasteiger partial charge in [0.25, 0.3) is 0 Å². The van der Waals surface area contributed by atoms with Gasteiger partial charge in [0.05, 0.1) is 6.26 Å². The second-order valence-electron chi connectivity index (χ2n) is 5.20. The molecule has 1 aromatic carbocycles. The highest BCUT2D eigenvalue weighted by Gasteiger charge is 2.24. The molecule has 2 unspecified atom stereocenters.